The molecule has 0 bridgehead atoms. The summed E-state index contributed by atoms with van der Waals surface area (Å²) < 4.78 is 0. The zero-order chi connectivity index (χ0) is 6.08. The highest BCUT2D eigenvalue weighted by molar-refractivity contribution is 6.57. The zero-order valence-electron chi connectivity index (χ0n) is 4.13. The molecule has 7 heavy (non-hydrogen) atoms. The molecule has 0 amide bonds. The second-order valence-electron chi connectivity index (χ2n) is 1.73. The first kappa shape index (κ1) is 7.87. The minimum absolute atomic E-state index is 0.203. The van der Waals surface area contributed by atoms with Crippen LogP contribution in [-0.2, 0) is 0 Å². The standard InChI is InChI=1S/C4H6Cl3/c1-4(2,7)3(5)6/h1-2H3. The fourth-order valence-corrected chi connectivity index (χ4v) is 0. The third-order valence-corrected chi connectivity index (χ3v) is 1.78. The van der Waals surface area contributed by atoms with E-state index in [1.807, 2.05) is 0 Å². The molecule has 43 valence electrons. The van der Waals surface area contributed by atoms with Crippen molar-refractivity contribution in [1.82, 2.24) is 0 Å². The molecule has 0 heterocycles. The van der Waals surface area contributed by atoms with Crippen molar-refractivity contribution in [2.45, 2.75) is 18.7 Å². The molecule has 0 aliphatic rings. The van der Waals surface area contributed by atoms with Crippen LogP contribution >= 0.6 is 34.8 Å². The van der Waals surface area contributed by atoms with Crippen LogP contribution in [0, 0.1) is 4.84 Å². The average Bonchev–Trinajstić information content (AvgIpc) is 1.31. The van der Waals surface area contributed by atoms with Crippen molar-refractivity contribution < 1.29 is 0 Å². The number of hydrogen-bond acceptors (Lipinski definition) is 0. The van der Waals surface area contributed by atoms with Crippen LogP contribution in [0.15, 0.2) is 0 Å². The lowest BCUT2D eigenvalue weighted by Gasteiger charge is -2.13. The van der Waals surface area contributed by atoms with E-state index in [0.717, 1.165) is 0 Å². The molecule has 0 saturated heterocycles. The Morgan fingerprint density at radius 3 is 1.43 bits per heavy atom. The van der Waals surface area contributed by atoms with Gasteiger partial charge in [0.2, 0.25) is 0 Å². The second-order valence-corrected chi connectivity index (χ2v) is 3.63. The molecule has 0 aromatic heterocycles. The van der Waals surface area contributed by atoms with Crippen molar-refractivity contribution in [1.29, 1.82) is 0 Å². The van der Waals surface area contributed by atoms with Gasteiger partial charge in [-0.05, 0) is 13.8 Å². The lowest BCUT2D eigenvalue weighted by molar-refractivity contribution is 0.836. The van der Waals surface area contributed by atoms with E-state index in [1.165, 1.54) is 0 Å². The van der Waals surface area contributed by atoms with Crippen LogP contribution in [0.2, 0.25) is 0 Å². The fourth-order valence-electron chi connectivity index (χ4n) is 0. The maximum Gasteiger partial charge on any atom is 0.171 e. The van der Waals surface area contributed by atoms with Gasteiger partial charge in [-0.25, -0.2) is 0 Å². The summed E-state index contributed by atoms with van der Waals surface area (Å²) in [5.41, 5.74) is 0. The molecule has 0 unspecified atom stereocenters. The van der Waals surface area contributed by atoms with Crippen molar-refractivity contribution in [2.75, 3.05) is 0 Å². The quantitative estimate of drug-likeness (QED) is 0.517. The molecule has 0 aromatic carbocycles. The Morgan fingerprint density at radius 2 is 1.43 bits per heavy atom. The molecule has 3 heteroatoms. The molecule has 0 aliphatic carbocycles. The van der Waals surface area contributed by atoms with Gasteiger partial charge < -0.3 is 0 Å². The molecule has 0 N–H and O–H groups in total. The first-order chi connectivity index (χ1) is 2.94. The summed E-state index contributed by atoms with van der Waals surface area (Å²) in [6.45, 7) is 3.45. The summed E-state index contributed by atoms with van der Waals surface area (Å²) in [6.07, 6.45) is 0. The van der Waals surface area contributed by atoms with Crippen LogP contribution in [0.25, 0.3) is 0 Å². The van der Waals surface area contributed by atoms with E-state index >= 15 is 0 Å². The lowest BCUT2D eigenvalue weighted by Crippen LogP contribution is -2.12. The van der Waals surface area contributed by atoms with E-state index in [2.05, 4.69) is 0 Å². The Balaban J connectivity index is 3.54. The molecule has 0 spiro atoms. The number of hydrogen-bond donors (Lipinski definition) is 0. The third-order valence-electron chi connectivity index (χ3n) is 0.449. The third kappa shape index (κ3) is 3.45. The maximum atomic E-state index is 5.57. The molecule has 0 rings (SSSR count). The smallest absolute Gasteiger partial charge is 0.117 e. The van der Waals surface area contributed by atoms with Crippen LogP contribution in [0.4, 0.5) is 0 Å². The Bertz CT molecular complexity index is 52.4. The predicted octanol–water partition coefficient (Wildman–Crippen LogP) is 2.97. The maximum absolute atomic E-state index is 5.57. The summed E-state index contributed by atoms with van der Waals surface area (Å²) in [4.78, 5) is -0.377. The van der Waals surface area contributed by atoms with Crippen LogP contribution in [-0.4, -0.2) is 4.87 Å². The van der Waals surface area contributed by atoms with Gasteiger partial charge in [0.1, 0.15) is 0 Å². The van der Waals surface area contributed by atoms with E-state index in [4.69, 9.17) is 34.8 Å². The Labute approximate surface area is 58.7 Å². The lowest BCUT2D eigenvalue weighted by atomic mass is 10.2. The van der Waals surface area contributed by atoms with Gasteiger partial charge in [-0.2, -0.15) is 0 Å². The zero-order valence-corrected chi connectivity index (χ0v) is 6.40. The van der Waals surface area contributed by atoms with Crippen LogP contribution in [0.1, 0.15) is 13.8 Å². The summed E-state index contributed by atoms with van der Waals surface area (Å²) in [7, 11) is 0. The van der Waals surface area contributed by atoms with Crippen molar-refractivity contribution in [3.63, 3.8) is 0 Å². The summed E-state index contributed by atoms with van der Waals surface area (Å²) in [6, 6.07) is 0. The van der Waals surface area contributed by atoms with Crippen molar-refractivity contribution in [3.8, 4) is 0 Å². The SMILES string of the molecule is CC(C)(Cl)[C](Cl)Cl. The van der Waals surface area contributed by atoms with Gasteiger partial charge in [-0.1, -0.05) is 23.2 Å². The number of halogens is 3. The molecular weight excluding hydrogens is 154 g/mol. The molecular formula is C4H6Cl3. The van der Waals surface area contributed by atoms with Crippen molar-refractivity contribution in [3.05, 3.63) is 4.84 Å². The fraction of sp³-hybridized carbons (Fsp3) is 0.750. The Kier molecular flexibility index (Phi) is 2.73. The van der Waals surface area contributed by atoms with Gasteiger partial charge in [-0.15, -0.1) is 11.6 Å². The van der Waals surface area contributed by atoms with Crippen molar-refractivity contribution in [2.24, 2.45) is 0 Å². The predicted molar refractivity (Wildman–Crippen MR) is 34.9 cm³/mol. The topological polar surface area (TPSA) is 0 Å². The largest absolute Gasteiger partial charge is 0.171 e. The molecule has 1 radical (unpaired) electrons. The van der Waals surface area contributed by atoms with Gasteiger partial charge in [0.05, 0.1) is 4.87 Å². The average molecular weight is 160 g/mol. The highest BCUT2D eigenvalue weighted by Gasteiger charge is 2.23. The number of rotatable bonds is 1. The molecule has 0 fully saturated rings. The minimum Gasteiger partial charge on any atom is -0.117 e. The van der Waals surface area contributed by atoms with Gasteiger partial charge in [0.25, 0.3) is 0 Å². The Hall–Kier alpha value is 0.870. The van der Waals surface area contributed by atoms with E-state index in [1.54, 1.807) is 13.8 Å². The molecule has 0 nitrogen and oxygen atoms in total. The van der Waals surface area contributed by atoms with Crippen LogP contribution in [0.5, 0.6) is 0 Å². The van der Waals surface area contributed by atoms with E-state index in [9.17, 15) is 0 Å². The van der Waals surface area contributed by atoms with E-state index in [0.29, 0.717) is 0 Å². The first-order valence-corrected chi connectivity index (χ1v) is 2.95. The van der Waals surface area contributed by atoms with E-state index in [-0.39, 0.29) is 4.84 Å². The van der Waals surface area contributed by atoms with Crippen LogP contribution in [0.3, 0.4) is 0 Å². The van der Waals surface area contributed by atoms with Gasteiger partial charge in [0, 0.05) is 0 Å². The highest BCUT2D eigenvalue weighted by atomic mass is 35.5. The summed E-state index contributed by atoms with van der Waals surface area (Å²) in [5, 5.41) is 0. The molecule has 0 aromatic rings. The Morgan fingerprint density at radius 1 is 1.29 bits per heavy atom. The van der Waals surface area contributed by atoms with E-state index < -0.39 is 4.87 Å². The van der Waals surface area contributed by atoms with Gasteiger partial charge in [-0.3, -0.25) is 0 Å². The molecule has 0 saturated carbocycles. The second kappa shape index (κ2) is 2.43. The molecule has 0 atom stereocenters. The number of alkyl halides is 1. The normalized spacial score (nSPS) is 12.9. The molecule has 0 aliphatic heterocycles. The summed E-state index contributed by atoms with van der Waals surface area (Å²) in [5.74, 6) is 0. The highest BCUT2D eigenvalue weighted by Crippen LogP contribution is 2.32. The van der Waals surface area contributed by atoms with Crippen molar-refractivity contribution >= 4 is 34.8 Å². The first-order valence-electron chi connectivity index (χ1n) is 1.82. The monoisotopic (exact) mass is 159 g/mol. The van der Waals surface area contributed by atoms with Gasteiger partial charge >= 0.3 is 0 Å². The summed E-state index contributed by atoms with van der Waals surface area (Å²) >= 11 is 16.2. The minimum atomic E-state index is -0.580. The van der Waals surface area contributed by atoms with Gasteiger partial charge in [0.15, 0.2) is 4.84 Å². The van der Waals surface area contributed by atoms with Crippen LogP contribution < -0.4 is 0 Å².